The first-order valence-corrected chi connectivity index (χ1v) is 5.64. The largest absolute Gasteiger partial charge is 0.398 e. The fourth-order valence-corrected chi connectivity index (χ4v) is 1.91. The molecule has 0 aromatic carbocycles. The van der Waals surface area contributed by atoms with E-state index in [1.54, 1.807) is 18.6 Å². The summed E-state index contributed by atoms with van der Waals surface area (Å²) >= 11 is 0. The zero-order valence-electron chi connectivity index (χ0n) is 9.67. The van der Waals surface area contributed by atoms with Gasteiger partial charge in [0.15, 0.2) is 0 Å². The van der Waals surface area contributed by atoms with Crippen LogP contribution in [0.25, 0.3) is 22.8 Å². The van der Waals surface area contributed by atoms with Crippen LogP contribution in [-0.2, 0) is 0 Å². The quantitative estimate of drug-likeness (QED) is 0.718. The summed E-state index contributed by atoms with van der Waals surface area (Å²) in [6, 6.07) is 7.75. The van der Waals surface area contributed by atoms with Crippen LogP contribution in [0.2, 0.25) is 0 Å². The molecule has 4 heteroatoms. The molecule has 3 N–H and O–H groups in total. The van der Waals surface area contributed by atoms with Crippen molar-refractivity contribution in [2.24, 2.45) is 5.73 Å². The molecule has 0 radical (unpaired) electrons. The second-order valence-corrected chi connectivity index (χ2v) is 3.99. The Hall–Kier alpha value is -2.62. The zero-order valence-corrected chi connectivity index (χ0v) is 9.67. The second-order valence-electron chi connectivity index (χ2n) is 3.99. The molecule has 3 aromatic rings. The lowest BCUT2D eigenvalue weighted by Gasteiger charge is -1.99. The van der Waals surface area contributed by atoms with Crippen molar-refractivity contribution in [1.29, 1.82) is 0 Å². The van der Waals surface area contributed by atoms with E-state index in [-0.39, 0.29) is 0 Å². The van der Waals surface area contributed by atoms with E-state index in [0.717, 1.165) is 22.2 Å². The van der Waals surface area contributed by atoms with Crippen molar-refractivity contribution in [3.8, 4) is 0 Å². The minimum Gasteiger partial charge on any atom is -0.398 e. The Labute approximate surface area is 104 Å². The number of nitrogens with zero attached hydrogens (tertiary/aromatic N) is 2. The van der Waals surface area contributed by atoms with E-state index in [0.29, 0.717) is 5.70 Å². The summed E-state index contributed by atoms with van der Waals surface area (Å²) < 4.78 is 0. The summed E-state index contributed by atoms with van der Waals surface area (Å²) in [4.78, 5) is 11.4. The Morgan fingerprint density at radius 3 is 2.94 bits per heavy atom. The molecule has 18 heavy (non-hydrogen) atoms. The number of nitrogens with two attached hydrogens (primary N) is 1. The summed E-state index contributed by atoms with van der Waals surface area (Å²) in [7, 11) is 0. The molecule has 0 saturated carbocycles. The molecule has 3 heterocycles. The number of nitrogens with one attached hydrogen (secondary N) is 1. The maximum Gasteiger partial charge on any atom is 0.137 e. The Kier molecular flexibility index (Phi) is 2.53. The molecule has 0 bridgehead atoms. The van der Waals surface area contributed by atoms with Crippen LogP contribution in [0.3, 0.4) is 0 Å². The van der Waals surface area contributed by atoms with Crippen LogP contribution in [0, 0.1) is 0 Å². The first-order valence-electron chi connectivity index (χ1n) is 5.64. The average molecular weight is 236 g/mol. The maximum absolute atomic E-state index is 6.12. The van der Waals surface area contributed by atoms with Crippen molar-refractivity contribution in [2.45, 2.75) is 0 Å². The van der Waals surface area contributed by atoms with Crippen LogP contribution in [0.1, 0.15) is 11.1 Å². The van der Waals surface area contributed by atoms with Gasteiger partial charge >= 0.3 is 0 Å². The Morgan fingerprint density at radius 1 is 1.22 bits per heavy atom. The highest BCUT2D eigenvalue weighted by Gasteiger charge is 2.05. The van der Waals surface area contributed by atoms with Gasteiger partial charge in [0, 0.05) is 41.4 Å². The SMILES string of the molecule is N/C(=C\c1cccnc1)c1c[nH]c2ncccc12. The standard InChI is InChI=1S/C14H12N4/c15-13(7-10-3-1-5-16-8-10)12-9-18-14-11(12)4-2-6-17-14/h1-9H,15H2,(H,17,18)/b13-7-. The van der Waals surface area contributed by atoms with Crippen LogP contribution in [-0.4, -0.2) is 15.0 Å². The molecular formula is C14H12N4. The smallest absolute Gasteiger partial charge is 0.137 e. The van der Waals surface area contributed by atoms with Gasteiger partial charge in [0.1, 0.15) is 5.65 Å². The van der Waals surface area contributed by atoms with Gasteiger partial charge in [-0.3, -0.25) is 4.98 Å². The van der Waals surface area contributed by atoms with Crippen LogP contribution >= 0.6 is 0 Å². The molecule has 3 rings (SSSR count). The highest BCUT2D eigenvalue weighted by molar-refractivity contribution is 5.94. The number of hydrogen-bond donors (Lipinski definition) is 2. The lowest BCUT2D eigenvalue weighted by atomic mass is 10.1. The minimum absolute atomic E-state index is 0.697. The number of hydrogen-bond acceptors (Lipinski definition) is 3. The van der Waals surface area contributed by atoms with Gasteiger partial charge in [-0.25, -0.2) is 4.98 Å². The molecule has 0 aliphatic rings. The second kappa shape index (κ2) is 4.33. The highest BCUT2D eigenvalue weighted by Crippen LogP contribution is 2.21. The van der Waals surface area contributed by atoms with Gasteiger partial charge < -0.3 is 10.7 Å². The van der Waals surface area contributed by atoms with Gasteiger partial charge in [0.05, 0.1) is 0 Å². The number of rotatable bonds is 2. The van der Waals surface area contributed by atoms with Crippen molar-refractivity contribution < 1.29 is 0 Å². The van der Waals surface area contributed by atoms with Gasteiger partial charge in [0.25, 0.3) is 0 Å². The third-order valence-corrected chi connectivity index (χ3v) is 2.77. The van der Waals surface area contributed by atoms with Gasteiger partial charge in [-0.05, 0) is 29.8 Å². The van der Waals surface area contributed by atoms with Crippen molar-refractivity contribution >= 4 is 22.8 Å². The fourth-order valence-electron chi connectivity index (χ4n) is 1.91. The first-order chi connectivity index (χ1) is 8.84. The Balaban J connectivity index is 2.07. The number of fused-ring (bicyclic) bond motifs is 1. The highest BCUT2D eigenvalue weighted by atomic mass is 14.8. The Morgan fingerprint density at radius 2 is 2.11 bits per heavy atom. The topological polar surface area (TPSA) is 67.6 Å². The molecule has 0 saturated heterocycles. The number of H-pyrrole nitrogens is 1. The summed E-state index contributed by atoms with van der Waals surface area (Å²) in [6.07, 6.45) is 9.05. The van der Waals surface area contributed by atoms with E-state index < -0.39 is 0 Å². The molecule has 3 aromatic heterocycles. The van der Waals surface area contributed by atoms with Crippen molar-refractivity contribution in [1.82, 2.24) is 15.0 Å². The predicted octanol–water partition coefficient (Wildman–Crippen LogP) is 2.41. The van der Waals surface area contributed by atoms with Crippen LogP contribution in [0.5, 0.6) is 0 Å². The molecule has 0 unspecified atom stereocenters. The molecule has 4 nitrogen and oxygen atoms in total. The van der Waals surface area contributed by atoms with E-state index in [9.17, 15) is 0 Å². The monoisotopic (exact) mass is 236 g/mol. The molecule has 0 aliphatic heterocycles. The summed E-state index contributed by atoms with van der Waals surface area (Å²) in [6.45, 7) is 0. The van der Waals surface area contributed by atoms with Crippen LogP contribution in [0.15, 0.2) is 49.1 Å². The van der Waals surface area contributed by atoms with Gasteiger partial charge in [-0.2, -0.15) is 0 Å². The third-order valence-electron chi connectivity index (χ3n) is 2.77. The number of aromatic nitrogens is 3. The molecule has 0 aliphatic carbocycles. The lowest BCUT2D eigenvalue weighted by Crippen LogP contribution is -1.95. The molecular weight excluding hydrogens is 224 g/mol. The van der Waals surface area contributed by atoms with E-state index in [2.05, 4.69) is 15.0 Å². The van der Waals surface area contributed by atoms with Crippen LogP contribution < -0.4 is 5.73 Å². The normalized spacial score (nSPS) is 11.9. The molecule has 0 fully saturated rings. The zero-order chi connectivity index (χ0) is 12.4. The number of aromatic amines is 1. The summed E-state index contributed by atoms with van der Waals surface area (Å²) in [5, 5.41) is 1.02. The molecule has 88 valence electrons. The fraction of sp³-hybridized carbons (Fsp3) is 0. The van der Waals surface area contributed by atoms with E-state index in [1.165, 1.54) is 0 Å². The Bertz CT molecular complexity index is 698. The van der Waals surface area contributed by atoms with Crippen molar-refractivity contribution in [3.63, 3.8) is 0 Å². The first kappa shape index (κ1) is 10.5. The van der Waals surface area contributed by atoms with Gasteiger partial charge in [-0.15, -0.1) is 0 Å². The van der Waals surface area contributed by atoms with Crippen molar-refractivity contribution in [3.05, 3.63) is 60.2 Å². The summed E-state index contributed by atoms with van der Waals surface area (Å²) in [5.41, 5.74) is 9.60. The molecule has 0 amide bonds. The van der Waals surface area contributed by atoms with Gasteiger partial charge in [-0.1, -0.05) is 6.07 Å². The average Bonchev–Trinajstić information content (AvgIpc) is 2.84. The minimum atomic E-state index is 0.697. The maximum atomic E-state index is 6.12. The van der Waals surface area contributed by atoms with Crippen LogP contribution in [0.4, 0.5) is 0 Å². The van der Waals surface area contributed by atoms with Gasteiger partial charge in [0.2, 0.25) is 0 Å². The predicted molar refractivity (Wildman–Crippen MR) is 72.4 cm³/mol. The molecule has 0 spiro atoms. The van der Waals surface area contributed by atoms with E-state index >= 15 is 0 Å². The molecule has 0 atom stereocenters. The van der Waals surface area contributed by atoms with Crippen molar-refractivity contribution in [2.75, 3.05) is 0 Å². The van der Waals surface area contributed by atoms with E-state index in [1.807, 2.05) is 36.5 Å². The lowest BCUT2D eigenvalue weighted by molar-refractivity contribution is 1.32. The van der Waals surface area contributed by atoms with E-state index in [4.69, 9.17) is 5.73 Å². The third kappa shape index (κ3) is 1.84. The summed E-state index contributed by atoms with van der Waals surface area (Å²) in [5.74, 6) is 0. The number of pyridine rings is 2.